The Balaban J connectivity index is 1.86. The van der Waals surface area contributed by atoms with Gasteiger partial charge < -0.3 is 9.47 Å². The third-order valence-electron chi connectivity index (χ3n) is 11.0. The monoisotopic (exact) mass is 779 g/mol. The number of hydrogen-bond donors (Lipinski definition) is 0. The number of ether oxygens (including phenoxy) is 2. The number of aryl methyl sites for hydroxylation is 1. The van der Waals surface area contributed by atoms with Gasteiger partial charge in [0, 0.05) is 22.4 Å². The first-order valence-corrected chi connectivity index (χ1v) is 21.3. The maximum Gasteiger partial charge on any atom is 0.134 e. The highest BCUT2D eigenvalue weighted by molar-refractivity contribution is 5.92. The largest absolute Gasteiger partial charge is 0.461 e. The van der Waals surface area contributed by atoms with Gasteiger partial charge in [0.05, 0.1) is 0 Å². The molecule has 4 rings (SSSR count). The zero-order valence-corrected chi connectivity index (χ0v) is 39.4. The van der Waals surface area contributed by atoms with Gasteiger partial charge in [-0.05, 0) is 118 Å². The molecule has 58 heavy (non-hydrogen) atoms. The summed E-state index contributed by atoms with van der Waals surface area (Å²) in [5, 5.41) is 2.37. The van der Waals surface area contributed by atoms with Crippen LogP contribution in [0.2, 0.25) is 0 Å². The Labute approximate surface area is 353 Å². The smallest absolute Gasteiger partial charge is 0.134 e. The Kier molecular flexibility index (Phi) is 14.1. The average molecular weight is 779 g/mol. The first-order valence-electron chi connectivity index (χ1n) is 21.3. The highest BCUT2D eigenvalue weighted by Gasteiger charge is 2.29. The summed E-state index contributed by atoms with van der Waals surface area (Å²) in [4.78, 5) is 0. The minimum Gasteiger partial charge on any atom is -0.461 e. The Bertz CT molecular complexity index is 2240. The van der Waals surface area contributed by atoms with E-state index >= 15 is 0 Å². The molecule has 0 spiro atoms. The molecular formula is C56H74O2. The number of hydrogen-bond acceptors (Lipinski definition) is 2. The highest BCUT2D eigenvalue weighted by Crippen LogP contribution is 2.44. The second kappa shape index (κ2) is 17.7. The van der Waals surface area contributed by atoms with Crippen LogP contribution in [0, 0.1) is 23.7 Å². The van der Waals surface area contributed by atoms with Gasteiger partial charge >= 0.3 is 0 Å². The molecule has 310 valence electrons. The zero-order chi connectivity index (χ0) is 43.5. The van der Waals surface area contributed by atoms with E-state index in [-0.39, 0.29) is 27.6 Å². The number of rotatable bonds is 11. The Morgan fingerprint density at radius 3 is 1.78 bits per heavy atom. The summed E-state index contributed by atoms with van der Waals surface area (Å²) in [5.74, 6) is 3.69. The third-order valence-corrected chi connectivity index (χ3v) is 11.0. The molecule has 0 bridgehead atoms. The minimum absolute atomic E-state index is 0.00974. The summed E-state index contributed by atoms with van der Waals surface area (Å²) >= 11 is 0. The van der Waals surface area contributed by atoms with E-state index in [0.717, 1.165) is 39.3 Å². The van der Waals surface area contributed by atoms with Crippen molar-refractivity contribution in [1.82, 2.24) is 0 Å². The number of fused-ring (bicyclic) bond motifs is 1. The van der Waals surface area contributed by atoms with Crippen molar-refractivity contribution in [2.75, 3.05) is 0 Å². The van der Waals surface area contributed by atoms with Gasteiger partial charge in [-0.3, -0.25) is 0 Å². The van der Waals surface area contributed by atoms with Gasteiger partial charge in [0.1, 0.15) is 23.0 Å². The molecule has 4 aromatic carbocycles. The van der Waals surface area contributed by atoms with Crippen LogP contribution in [0.15, 0.2) is 121 Å². The van der Waals surface area contributed by atoms with Crippen LogP contribution in [-0.4, -0.2) is 0 Å². The van der Waals surface area contributed by atoms with Crippen LogP contribution >= 0.6 is 0 Å². The minimum atomic E-state index is -0.186. The summed E-state index contributed by atoms with van der Waals surface area (Å²) in [6.07, 6.45) is 9.15. The fourth-order valence-corrected chi connectivity index (χ4v) is 8.16. The van der Waals surface area contributed by atoms with E-state index in [4.69, 9.17) is 9.47 Å². The molecule has 0 aromatic heterocycles. The maximum atomic E-state index is 6.87. The van der Waals surface area contributed by atoms with Crippen LogP contribution in [0.5, 0.6) is 11.5 Å². The summed E-state index contributed by atoms with van der Waals surface area (Å²) in [5.41, 5.74) is 10.7. The van der Waals surface area contributed by atoms with E-state index in [1.807, 2.05) is 0 Å². The molecule has 0 radical (unpaired) electrons. The summed E-state index contributed by atoms with van der Waals surface area (Å²) < 4.78 is 13.6. The van der Waals surface area contributed by atoms with E-state index in [2.05, 4.69) is 228 Å². The lowest BCUT2D eigenvalue weighted by Crippen LogP contribution is -2.18. The van der Waals surface area contributed by atoms with E-state index in [9.17, 15) is 0 Å². The zero-order valence-electron chi connectivity index (χ0n) is 39.4. The molecule has 0 N–H and O–H groups in total. The molecule has 0 aliphatic rings. The van der Waals surface area contributed by atoms with Crippen molar-refractivity contribution >= 4 is 22.1 Å². The van der Waals surface area contributed by atoms with Gasteiger partial charge in [-0.25, -0.2) is 0 Å². The van der Waals surface area contributed by atoms with Gasteiger partial charge in [-0.15, -0.1) is 0 Å². The molecule has 0 saturated carbocycles. The van der Waals surface area contributed by atoms with Gasteiger partial charge in [0.15, 0.2) is 0 Å². The second-order valence-electron chi connectivity index (χ2n) is 20.8. The summed E-state index contributed by atoms with van der Waals surface area (Å²) in [6.45, 7) is 45.0. The third kappa shape index (κ3) is 11.1. The van der Waals surface area contributed by atoms with Gasteiger partial charge in [-0.2, -0.15) is 0 Å². The van der Waals surface area contributed by atoms with E-state index in [0.29, 0.717) is 11.7 Å². The van der Waals surface area contributed by atoms with Crippen molar-refractivity contribution in [2.24, 2.45) is 16.7 Å². The molecule has 1 unspecified atom stereocenters. The van der Waals surface area contributed by atoms with Crippen molar-refractivity contribution in [1.29, 1.82) is 0 Å². The Morgan fingerprint density at radius 2 is 1.24 bits per heavy atom. The molecular weight excluding hydrogens is 705 g/mol. The predicted octanol–water partition coefficient (Wildman–Crippen LogP) is 16.9. The highest BCUT2D eigenvalue weighted by atomic mass is 16.5. The van der Waals surface area contributed by atoms with Crippen molar-refractivity contribution in [3.63, 3.8) is 0 Å². The van der Waals surface area contributed by atoms with E-state index < -0.39 is 0 Å². The lowest BCUT2D eigenvalue weighted by Gasteiger charge is -2.31. The lowest BCUT2D eigenvalue weighted by atomic mass is 9.75. The van der Waals surface area contributed by atoms with Crippen LogP contribution in [0.4, 0.5) is 0 Å². The van der Waals surface area contributed by atoms with Gasteiger partial charge in [-0.1, -0.05) is 182 Å². The molecule has 0 saturated heterocycles. The van der Waals surface area contributed by atoms with Gasteiger partial charge in [0.2, 0.25) is 0 Å². The van der Waals surface area contributed by atoms with E-state index in [1.165, 1.54) is 38.8 Å². The van der Waals surface area contributed by atoms with E-state index in [1.54, 1.807) is 0 Å². The molecule has 0 amide bonds. The van der Waals surface area contributed by atoms with Crippen molar-refractivity contribution in [2.45, 2.75) is 141 Å². The first kappa shape index (κ1) is 46.1. The van der Waals surface area contributed by atoms with Crippen LogP contribution < -0.4 is 9.47 Å². The molecule has 2 nitrogen and oxygen atoms in total. The van der Waals surface area contributed by atoms with Crippen molar-refractivity contribution in [3.8, 4) is 11.5 Å². The Hall–Kier alpha value is -4.56. The summed E-state index contributed by atoms with van der Waals surface area (Å²) in [7, 11) is 0. The molecule has 0 aliphatic carbocycles. The van der Waals surface area contributed by atoms with Crippen LogP contribution in [0.1, 0.15) is 157 Å². The number of allylic oxidation sites excluding steroid dienone is 8. The fourth-order valence-electron chi connectivity index (χ4n) is 8.16. The fraction of sp³-hybridized carbons (Fsp3) is 0.429. The van der Waals surface area contributed by atoms with Crippen LogP contribution in [0.3, 0.4) is 0 Å². The van der Waals surface area contributed by atoms with Crippen LogP contribution in [0.25, 0.3) is 22.1 Å². The molecule has 1 atom stereocenters. The van der Waals surface area contributed by atoms with Crippen molar-refractivity contribution < 1.29 is 9.47 Å². The molecule has 2 heteroatoms. The lowest BCUT2D eigenvalue weighted by molar-refractivity contribution is 0.431. The molecule has 0 heterocycles. The Morgan fingerprint density at radius 1 is 0.672 bits per heavy atom. The standard InChI is InChI=1S/C56H74O2/c1-20-47(54(11,12)13)43-26-22-21-25-42(43)40(7)58-51-34-38(5)46(35-49(51)56(17,18)19)52(36(2)3)41(31-32-53(8,9)10)37(4)33-39(6)57-50-30-29-48(55(14,15)16)44-27-23-24-28-45(44)50/h20-36,52H,7H2,1-6,8-19H3/b32-31+,39-33+,41-37+,47-20+. The first-order chi connectivity index (χ1) is 26.7. The normalized spacial score (nSPS) is 14.6. The second-order valence-corrected chi connectivity index (χ2v) is 20.8. The van der Waals surface area contributed by atoms with Gasteiger partial charge in [0.25, 0.3) is 0 Å². The molecule has 0 aliphatic heterocycles. The quantitative estimate of drug-likeness (QED) is 0.112. The number of benzene rings is 4. The average Bonchev–Trinajstić information content (AvgIpc) is 3.08. The van der Waals surface area contributed by atoms with Crippen LogP contribution in [-0.2, 0) is 10.8 Å². The predicted molar refractivity (Wildman–Crippen MR) is 255 cm³/mol. The maximum absolute atomic E-state index is 6.87. The molecule has 0 fully saturated rings. The summed E-state index contributed by atoms with van der Waals surface area (Å²) in [6, 6.07) is 26.1. The topological polar surface area (TPSA) is 18.5 Å². The molecule has 4 aromatic rings. The van der Waals surface area contributed by atoms with Crippen molar-refractivity contribution in [3.05, 3.63) is 154 Å². The SMILES string of the molecule is C=C(Oc1cc(C)c(C(C(/C=C/C(C)(C)C)=C(C)/C=C(\C)Oc2ccc(C(C)(C)C)c3ccccc23)C(C)C)cc1C(C)(C)C)c1ccccc1/C(=C\C)C(C)(C)C.